The molecule has 0 amide bonds. The van der Waals surface area contributed by atoms with Crippen LogP contribution in [0.4, 0.5) is 0 Å². The van der Waals surface area contributed by atoms with E-state index in [2.05, 4.69) is 4.40 Å². The standard InChI is InChI=1S/C7H14N2O2S/c1-7(4-5-7)12(10,11)8-6-9(2)3/h6H,4-5H2,1-3H3/b8-6+. The predicted octanol–water partition coefficient (Wildman–Crippen LogP) is 0.459. The van der Waals surface area contributed by atoms with Crippen molar-refractivity contribution in [2.45, 2.75) is 24.5 Å². The Morgan fingerprint density at radius 1 is 1.42 bits per heavy atom. The van der Waals surface area contributed by atoms with Gasteiger partial charge in [0, 0.05) is 14.1 Å². The highest BCUT2D eigenvalue weighted by Gasteiger charge is 2.50. The molecule has 5 heteroatoms. The normalized spacial score (nSPS) is 21.2. The van der Waals surface area contributed by atoms with Gasteiger partial charge in [0.1, 0.15) is 6.34 Å². The monoisotopic (exact) mass is 190 g/mol. The first-order valence-electron chi connectivity index (χ1n) is 3.84. The fourth-order valence-electron chi connectivity index (χ4n) is 0.718. The van der Waals surface area contributed by atoms with Gasteiger partial charge < -0.3 is 4.90 Å². The lowest BCUT2D eigenvalue weighted by atomic mass is 10.5. The molecule has 0 saturated heterocycles. The fraction of sp³-hybridized carbons (Fsp3) is 0.857. The van der Waals surface area contributed by atoms with Crippen LogP contribution in [0, 0.1) is 0 Å². The molecule has 0 spiro atoms. The Kier molecular flexibility index (Phi) is 2.16. The van der Waals surface area contributed by atoms with E-state index in [1.54, 1.807) is 25.9 Å². The third kappa shape index (κ3) is 1.77. The summed E-state index contributed by atoms with van der Waals surface area (Å²) in [4.78, 5) is 1.61. The average molecular weight is 190 g/mol. The van der Waals surface area contributed by atoms with Gasteiger partial charge in [0.05, 0.1) is 4.75 Å². The smallest absolute Gasteiger partial charge is 0.259 e. The maximum atomic E-state index is 11.4. The van der Waals surface area contributed by atoms with E-state index in [1.807, 2.05) is 0 Å². The summed E-state index contributed by atoms with van der Waals surface area (Å²) in [5, 5.41) is 0. The van der Waals surface area contributed by atoms with Gasteiger partial charge in [-0.1, -0.05) is 0 Å². The van der Waals surface area contributed by atoms with Crippen molar-refractivity contribution >= 4 is 16.4 Å². The quantitative estimate of drug-likeness (QED) is 0.480. The fourth-order valence-corrected chi connectivity index (χ4v) is 1.90. The summed E-state index contributed by atoms with van der Waals surface area (Å²) in [6, 6.07) is 0. The van der Waals surface area contributed by atoms with Crippen molar-refractivity contribution < 1.29 is 8.42 Å². The van der Waals surface area contributed by atoms with Crippen LogP contribution in [-0.4, -0.2) is 38.5 Å². The Balaban J connectivity index is 2.75. The Hall–Kier alpha value is -0.580. The molecule has 4 nitrogen and oxygen atoms in total. The van der Waals surface area contributed by atoms with Gasteiger partial charge in [0.2, 0.25) is 0 Å². The summed E-state index contributed by atoms with van der Waals surface area (Å²) in [7, 11) is 0.235. The molecule has 0 atom stereocenters. The molecule has 1 rings (SSSR count). The zero-order valence-electron chi connectivity index (χ0n) is 7.61. The minimum atomic E-state index is -3.25. The van der Waals surface area contributed by atoms with E-state index >= 15 is 0 Å². The molecule has 0 aromatic heterocycles. The number of nitrogens with zero attached hydrogens (tertiary/aromatic N) is 2. The average Bonchev–Trinajstić information content (AvgIpc) is 2.65. The Labute approximate surface area is 73.3 Å². The molecule has 1 saturated carbocycles. The van der Waals surface area contributed by atoms with E-state index in [0.717, 1.165) is 12.8 Å². The molecule has 0 radical (unpaired) electrons. The van der Waals surface area contributed by atoms with Crippen molar-refractivity contribution in [2.24, 2.45) is 4.40 Å². The predicted molar refractivity (Wildman–Crippen MR) is 48.7 cm³/mol. The molecule has 1 aliphatic rings. The second-order valence-electron chi connectivity index (χ2n) is 3.61. The van der Waals surface area contributed by atoms with Gasteiger partial charge >= 0.3 is 0 Å². The van der Waals surface area contributed by atoms with Gasteiger partial charge in [0.25, 0.3) is 10.0 Å². The van der Waals surface area contributed by atoms with Crippen LogP contribution in [0.1, 0.15) is 19.8 Å². The molecule has 70 valence electrons. The Bertz CT molecular complexity index is 289. The van der Waals surface area contributed by atoms with Crippen LogP contribution in [0.2, 0.25) is 0 Å². The molecular weight excluding hydrogens is 176 g/mol. The van der Waals surface area contributed by atoms with Gasteiger partial charge in [0.15, 0.2) is 0 Å². The van der Waals surface area contributed by atoms with Crippen LogP contribution in [0.3, 0.4) is 0 Å². The number of hydrogen-bond acceptors (Lipinski definition) is 2. The summed E-state index contributed by atoms with van der Waals surface area (Å²) in [5.74, 6) is 0. The Morgan fingerprint density at radius 3 is 2.25 bits per heavy atom. The molecule has 0 N–H and O–H groups in total. The third-order valence-electron chi connectivity index (χ3n) is 1.99. The highest BCUT2D eigenvalue weighted by molar-refractivity contribution is 7.91. The minimum Gasteiger partial charge on any atom is -0.368 e. The van der Waals surface area contributed by atoms with Crippen molar-refractivity contribution in [3.63, 3.8) is 0 Å². The van der Waals surface area contributed by atoms with E-state index in [9.17, 15) is 8.42 Å². The lowest BCUT2D eigenvalue weighted by Gasteiger charge is -2.06. The number of hydrogen-bond donors (Lipinski definition) is 0. The van der Waals surface area contributed by atoms with Crippen LogP contribution in [-0.2, 0) is 10.0 Å². The summed E-state index contributed by atoms with van der Waals surface area (Å²) in [5.41, 5.74) is 0. The summed E-state index contributed by atoms with van der Waals surface area (Å²) in [6.07, 6.45) is 2.80. The van der Waals surface area contributed by atoms with E-state index in [0.29, 0.717) is 0 Å². The van der Waals surface area contributed by atoms with Crippen LogP contribution in [0.5, 0.6) is 0 Å². The molecule has 0 aliphatic heterocycles. The first-order chi connectivity index (χ1) is 5.37. The van der Waals surface area contributed by atoms with Crippen molar-refractivity contribution in [3.8, 4) is 0 Å². The molecule has 0 aromatic rings. The second kappa shape index (κ2) is 2.73. The van der Waals surface area contributed by atoms with Gasteiger partial charge in [-0.15, -0.1) is 0 Å². The molecule has 1 aliphatic carbocycles. The molecule has 12 heavy (non-hydrogen) atoms. The minimum absolute atomic E-state index is 0.570. The molecule has 0 bridgehead atoms. The molecule has 1 fully saturated rings. The Morgan fingerprint density at radius 2 is 1.92 bits per heavy atom. The topological polar surface area (TPSA) is 49.7 Å². The SMILES string of the molecule is CN(C)/C=N/S(=O)(=O)C1(C)CC1. The zero-order chi connectivity index (χ0) is 9.41. The summed E-state index contributed by atoms with van der Waals surface area (Å²) < 4.78 is 25.8. The van der Waals surface area contributed by atoms with Crippen molar-refractivity contribution in [2.75, 3.05) is 14.1 Å². The van der Waals surface area contributed by atoms with Crippen LogP contribution in [0.15, 0.2) is 4.40 Å². The van der Waals surface area contributed by atoms with Crippen molar-refractivity contribution in [1.29, 1.82) is 0 Å². The van der Waals surface area contributed by atoms with Crippen LogP contribution in [0.25, 0.3) is 0 Å². The van der Waals surface area contributed by atoms with Crippen LogP contribution >= 0.6 is 0 Å². The molecule has 0 heterocycles. The van der Waals surface area contributed by atoms with E-state index in [-0.39, 0.29) is 0 Å². The highest BCUT2D eigenvalue weighted by atomic mass is 32.2. The second-order valence-corrected chi connectivity index (χ2v) is 5.76. The zero-order valence-corrected chi connectivity index (χ0v) is 8.43. The van der Waals surface area contributed by atoms with Crippen molar-refractivity contribution in [3.05, 3.63) is 0 Å². The van der Waals surface area contributed by atoms with Crippen molar-refractivity contribution in [1.82, 2.24) is 4.90 Å². The van der Waals surface area contributed by atoms with E-state index in [4.69, 9.17) is 0 Å². The summed E-state index contributed by atoms with van der Waals surface area (Å²) >= 11 is 0. The van der Waals surface area contributed by atoms with Gasteiger partial charge in [-0.05, 0) is 19.8 Å². The van der Waals surface area contributed by atoms with Crippen LogP contribution < -0.4 is 0 Å². The lowest BCUT2D eigenvalue weighted by Crippen LogP contribution is -2.18. The number of sulfonamides is 1. The third-order valence-corrected chi connectivity index (χ3v) is 4.02. The van der Waals surface area contributed by atoms with E-state index in [1.165, 1.54) is 6.34 Å². The maximum Gasteiger partial charge on any atom is 0.259 e. The van der Waals surface area contributed by atoms with Gasteiger partial charge in [-0.2, -0.15) is 4.40 Å². The molecule has 0 aromatic carbocycles. The molecular formula is C7H14N2O2S. The maximum absolute atomic E-state index is 11.4. The lowest BCUT2D eigenvalue weighted by molar-refractivity contribution is 0.581. The first kappa shape index (κ1) is 9.51. The largest absolute Gasteiger partial charge is 0.368 e. The highest BCUT2D eigenvalue weighted by Crippen LogP contribution is 2.43. The first-order valence-corrected chi connectivity index (χ1v) is 5.28. The summed E-state index contributed by atoms with van der Waals surface area (Å²) in [6.45, 7) is 1.73. The van der Waals surface area contributed by atoms with Gasteiger partial charge in [-0.25, -0.2) is 8.42 Å². The molecule has 0 unspecified atom stereocenters. The van der Waals surface area contributed by atoms with E-state index < -0.39 is 14.8 Å². The van der Waals surface area contributed by atoms with Gasteiger partial charge in [-0.3, -0.25) is 0 Å². The number of rotatable bonds is 3.